The maximum absolute atomic E-state index is 12.5. The number of anilines is 1. The zero-order valence-electron chi connectivity index (χ0n) is 22.8. The summed E-state index contributed by atoms with van der Waals surface area (Å²) in [7, 11) is 0. The van der Waals surface area contributed by atoms with Gasteiger partial charge in [0.15, 0.2) is 6.29 Å². The van der Waals surface area contributed by atoms with Crippen molar-refractivity contribution < 1.29 is 28.9 Å². The van der Waals surface area contributed by atoms with Crippen LogP contribution in [0.2, 0.25) is 0 Å². The van der Waals surface area contributed by atoms with Crippen molar-refractivity contribution in [3.63, 3.8) is 0 Å². The van der Waals surface area contributed by atoms with Gasteiger partial charge in [0.05, 0.1) is 32.0 Å². The zero-order chi connectivity index (χ0) is 27.5. The van der Waals surface area contributed by atoms with Crippen LogP contribution in [0.3, 0.4) is 0 Å². The van der Waals surface area contributed by atoms with E-state index in [0.29, 0.717) is 18.7 Å². The molecule has 2 aliphatic heterocycles. The van der Waals surface area contributed by atoms with E-state index in [2.05, 4.69) is 15.5 Å². The Morgan fingerprint density at radius 1 is 1.00 bits per heavy atom. The quantitative estimate of drug-likeness (QED) is 0.353. The summed E-state index contributed by atoms with van der Waals surface area (Å²) >= 11 is 0. The fraction of sp³-hybridized carbons (Fsp3) is 0.533. The standard InChI is InChI=1S/C30H41N3O6/c1-22(35)31-13-4-2-3-8-29(36)32-26-7-5-6-25(18-26)30-38-27(20-33-14-16-37-17-15-33)19-28(39-30)24-11-9-23(21-34)10-12-24/h5-7,9-12,18,27-28,30,34H,2-4,8,13-17,19-21H2,1H3,(H,31,35)(H,32,36)/t27-,28+,30+/m1/s1. The van der Waals surface area contributed by atoms with Crippen LogP contribution in [0.4, 0.5) is 5.69 Å². The van der Waals surface area contributed by atoms with Gasteiger partial charge < -0.3 is 30.0 Å². The Morgan fingerprint density at radius 3 is 2.54 bits per heavy atom. The van der Waals surface area contributed by atoms with Gasteiger partial charge in [0.2, 0.25) is 11.8 Å². The monoisotopic (exact) mass is 539 g/mol. The second-order valence-corrected chi connectivity index (χ2v) is 10.2. The minimum atomic E-state index is -0.571. The molecule has 2 aromatic rings. The van der Waals surface area contributed by atoms with Crippen molar-refractivity contribution in [1.82, 2.24) is 10.2 Å². The van der Waals surface area contributed by atoms with Crippen LogP contribution >= 0.6 is 0 Å². The van der Waals surface area contributed by atoms with Gasteiger partial charge in [0.25, 0.3) is 0 Å². The van der Waals surface area contributed by atoms with Crippen molar-refractivity contribution in [2.24, 2.45) is 0 Å². The highest BCUT2D eigenvalue weighted by atomic mass is 16.7. The Morgan fingerprint density at radius 2 is 1.79 bits per heavy atom. The lowest BCUT2D eigenvalue weighted by molar-refractivity contribution is -0.253. The molecule has 2 fully saturated rings. The molecule has 2 aliphatic rings. The summed E-state index contributed by atoms with van der Waals surface area (Å²) < 4.78 is 18.4. The Balaban J connectivity index is 1.38. The second-order valence-electron chi connectivity index (χ2n) is 10.2. The number of hydrogen-bond donors (Lipinski definition) is 3. The molecular weight excluding hydrogens is 498 g/mol. The van der Waals surface area contributed by atoms with Gasteiger partial charge in [-0.15, -0.1) is 0 Å². The first kappa shape index (κ1) is 29.2. The average Bonchev–Trinajstić information content (AvgIpc) is 2.95. The number of unbranched alkanes of at least 4 members (excludes halogenated alkanes) is 2. The smallest absolute Gasteiger partial charge is 0.224 e. The van der Waals surface area contributed by atoms with Crippen molar-refractivity contribution in [1.29, 1.82) is 0 Å². The Kier molecular flexibility index (Phi) is 11.3. The van der Waals surface area contributed by atoms with Crippen molar-refractivity contribution in [3.8, 4) is 0 Å². The Hall–Kier alpha value is -2.82. The number of rotatable bonds is 12. The molecule has 0 saturated carbocycles. The van der Waals surface area contributed by atoms with Crippen molar-refractivity contribution >= 4 is 17.5 Å². The van der Waals surface area contributed by atoms with Gasteiger partial charge in [-0.3, -0.25) is 14.5 Å². The predicted octanol–water partition coefficient (Wildman–Crippen LogP) is 3.69. The van der Waals surface area contributed by atoms with E-state index >= 15 is 0 Å². The SMILES string of the molecule is CC(=O)NCCCCCC(=O)Nc1cccc([C@H]2O[C@@H](CN3CCOCC3)C[C@@H](c3ccc(CO)cc3)O2)c1. The van der Waals surface area contributed by atoms with Crippen molar-refractivity contribution in [3.05, 3.63) is 65.2 Å². The largest absolute Gasteiger partial charge is 0.392 e. The molecule has 2 amide bonds. The molecule has 39 heavy (non-hydrogen) atoms. The first-order valence-corrected chi connectivity index (χ1v) is 13.9. The third-order valence-electron chi connectivity index (χ3n) is 7.08. The molecule has 3 N–H and O–H groups in total. The van der Waals surface area contributed by atoms with Crippen LogP contribution in [0, 0.1) is 0 Å². The number of nitrogens with zero attached hydrogens (tertiary/aromatic N) is 1. The van der Waals surface area contributed by atoms with E-state index in [-0.39, 0.29) is 30.6 Å². The van der Waals surface area contributed by atoms with Crippen LogP contribution < -0.4 is 10.6 Å². The summed E-state index contributed by atoms with van der Waals surface area (Å²) in [6.07, 6.45) is 2.90. The Labute approximate surface area is 230 Å². The molecule has 212 valence electrons. The summed E-state index contributed by atoms with van der Waals surface area (Å²) in [5.41, 5.74) is 3.48. The number of carbonyl (C=O) groups excluding carboxylic acids is 2. The van der Waals surface area contributed by atoms with E-state index < -0.39 is 6.29 Å². The molecule has 9 nitrogen and oxygen atoms in total. The maximum atomic E-state index is 12.5. The Bertz CT molecular complexity index is 1060. The number of aliphatic hydroxyl groups excluding tert-OH is 1. The highest BCUT2D eigenvalue weighted by Gasteiger charge is 2.33. The molecule has 0 spiro atoms. The van der Waals surface area contributed by atoms with E-state index in [9.17, 15) is 14.7 Å². The molecular formula is C30H41N3O6. The lowest BCUT2D eigenvalue weighted by Crippen LogP contribution is -2.44. The van der Waals surface area contributed by atoms with Gasteiger partial charge in [0.1, 0.15) is 0 Å². The molecule has 0 aliphatic carbocycles. The van der Waals surface area contributed by atoms with Crippen LogP contribution in [0.15, 0.2) is 48.5 Å². The predicted molar refractivity (Wildman–Crippen MR) is 148 cm³/mol. The lowest BCUT2D eigenvalue weighted by atomic mass is 9.99. The van der Waals surface area contributed by atoms with Crippen LogP contribution in [-0.4, -0.2) is 67.3 Å². The molecule has 3 atom stereocenters. The number of ether oxygens (including phenoxy) is 3. The van der Waals surface area contributed by atoms with Crippen LogP contribution in [0.1, 0.15) is 68.1 Å². The fourth-order valence-electron chi connectivity index (χ4n) is 4.94. The van der Waals surface area contributed by atoms with Crippen LogP contribution in [0.5, 0.6) is 0 Å². The first-order chi connectivity index (χ1) is 19.0. The summed E-state index contributed by atoms with van der Waals surface area (Å²) in [6, 6.07) is 15.5. The van der Waals surface area contributed by atoms with Crippen LogP contribution in [0.25, 0.3) is 0 Å². The third-order valence-corrected chi connectivity index (χ3v) is 7.08. The summed E-state index contributed by atoms with van der Waals surface area (Å²) in [6.45, 7) is 6.18. The number of benzene rings is 2. The molecule has 2 saturated heterocycles. The number of aliphatic hydroxyl groups is 1. The highest BCUT2D eigenvalue weighted by Crippen LogP contribution is 2.38. The topological polar surface area (TPSA) is 109 Å². The van der Waals surface area contributed by atoms with Gasteiger partial charge in [-0.1, -0.05) is 42.8 Å². The lowest BCUT2D eigenvalue weighted by Gasteiger charge is -2.39. The summed E-state index contributed by atoms with van der Waals surface area (Å²) in [5.74, 6) is -0.0684. The molecule has 9 heteroatoms. The van der Waals surface area contributed by atoms with Crippen molar-refractivity contribution in [2.45, 2.75) is 64.1 Å². The molecule has 0 aromatic heterocycles. The third kappa shape index (κ3) is 9.40. The molecule has 2 heterocycles. The second kappa shape index (κ2) is 15.1. The normalized spacial score (nSPS) is 21.8. The van der Waals surface area contributed by atoms with Gasteiger partial charge in [0, 0.05) is 57.2 Å². The first-order valence-electron chi connectivity index (χ1n) is 13.9. The minimum absolute atomic E-state index is 0.00673. The van der Waals surface area contributed by atoms with Gasteiger partial charge in [-0.25, -0.2) is 0 Å². The number of morpholine rings is 1. The van der Waals surface area contributed by atoms with Crippen LogP contribution in [-0.2, 0) is 30.4 Å². The van der Waals surface area contributed by atoms with Gasteiger partial charge in [-0.2, -0.15) is 0 Å². The number of hydrogen-bond acceptors (Lipinski definition) is 7. The average molecular weight is 540 g/mol. The molecule has 0 radical (unpaired) electrons. The van der Waals surface area contributed by atoms with Gasteiger partial charge in [-0.05, 0) is 36.1 Å². The molecule has 0 unspecified atom stereocenters. The molecule has 0 bridgehead atoms. The van der Waals surface area contributed by atoms with E-state index in [1.165, 1.54) is 6.92 Å². The molecule has 2 aromatic carbocycles. The summed E-state index contributed by atoms with van der Waals surface area (Å²) in [4.78, 5) is 25.8. The van der Waals surface area contributed by atoms with E-state index in [1.807, 2.05) is 48.5 Å². The summed E-state index contributed by atoms with van der Waals surface area (Å²) in [5, 5.41) is 15.2. The van der Waals surface area contributed by atoms with E-state index in [1.54, 1.807) is 0 Å². The number of carbonyl (C=O) groups is 2. The number of amides is 2. The number of nitrogens with one attached hydrogen (secondary N) is 2. The molecule has 4 rings (SSSR count). The minimum Gasteiger partial charge on any atom is -0.392 e. The highest BCUT2D eigenvalue weighted by molar-refractivity contribution is 5.90. The van der Waals surface area contributed by atoms with E-state index in [4.69, 9.17) is 14.2 Å². The maximum Gasteiger partial charge on any atom is 0.224 e. The fourth-order valence-corrected chi connectivity index (χ4v) is 4.94. The zero-order valence-corrected chi connectivity index (χ0v) is 22.8. The van der Waals surface area contributed by atoms with E-state index in [0.717, 1.165) is 75.2 Å². The van der Waals surface area contributed by atoms with Crippen molar-refractivity contribution in [2.75, 3.05) is 44.7 Å². The van der Waals surface area contributed by atoms with Gasteiger partial charge >= 0.3 is 0 Å².